The topological polar surface area (TPSA) is 98.8 Å². The predicted octanol–water partition coefficient (Wildman–Crippen LogP) is -1.57. The molecule has 0 bridgehead atoms. The zero-order chi connectivity index (χ0) is 18.9. The normalized spacial score (nSPS) is 31.1. The minimum Gasteiger partial charge on any atom is -0.351 e. The van der Waals surface area contributed by atoms with Gasteiger partial charge in [0.25, 0.3) is 5.92 Å². The molecule has 3 fully saturated rings. The summed E-state index contributed by atoms with van der Waals surface area (Å²) in [7, 11) is -3.04. The molecule has 148 valence electrons. The Kier molecular flexibility index (Phi) is 5.50. The zero-order valence-electron chi connectivity index (χ0n) is 14.4. The van der Waals surface area contributed by atoms with Crippen LogP contribution in [0.2, 0.25) is 0 Å². The predicted molar refractivity (Wildman–Crippen MR) is 89.6 cm³/mol. The lowest BCUT2D eigenvalue weighted by Crippen LogP contribution is -2.54. The molecular formula is C15H24F2N4O4S. The van der Waals surface area contributed by atoms with E-state index in [2.05, 4.69) is 10.6 Å². The smallest absolute Gasteiger partial charge is 0.262 e. The second-order valence-corrected chi connectivity index (χ2v) is 9.49. The molecule has 0 saturated carbocycles. The maximum absolute atomic E-state index is 13.2. The average Bonchev–Trinajstić information content (AvgIpc) is 3.08. The molecule has 3 aliphatic rings. The van der Waals surface area contributed by atoms with Gasteiger partial charge in [-0.2, -0.15) is 0 Å². The monoisotopic (exact) mass is 394 g/mol. The maximum Gasteiger partial charge on any atom is 0.262 e. The van der Waals surface area contributed by atoms with Crippen molar-refractivity contribution in [2.24, 2.45) is 0 Å². The summed E-state index contributed by atoms with van der Waals surface area (Å²) in [4.78, 5) is 27.8. The van der Waals surface area contributed by atoms with Gasteiger partial charge in [-0.15, -0.1) is 0 Å². The molecule has 0 radical (unpaired) electrons. The third kappa shape index (κ3) is 4.89. The molecule has 2 unspecified atom stereocenters. The van der Waals surface area contributed by atoms with E-state index in [0.717, 1.165) is 0 Å². The van der Waals surface area contributed by atoms with Crippen molar-refractivity contribution in [1.29, 1.82) is 0 Å². The Labute approximate surface area is 151 Å². The fourth-order valence-electron chi connectivity index (χ4n) is 3.62. The van der Waals surface area contributed by atoms with Gasteiger partial charge in [-0.1, -0.05) is 0 Å². The van der Waals surface area contributed by atoms with E-state index in [-0.39, 0.29) is 35.9 Å². The van der Waals surface area contributed by atoms with Crippen LogP contribution in [0, 0.1) is 0 Å². The van der Waals surface area contributed by atoms with Crippen molar-refractivity contribution < 1.29 is 26.8 Å². The molecule has 3 aliphatic heterocycles. The number of carbonyl (C=O) groups is 2. The van der Waals surface area contributed by atoms with E-state index < -0.39 is 34.8 Å². The van der Waals surface area contributed by atoms with Crippen LogP contribution in [0.25, 0.3) is 0 Å². The molecule has 3 saturated heterocycles. The summed E-state index contributed by atoms with van der Waals surface area (Å²) in [5.41, 5.74) is 0. The Morgan fingerprint density at radius 1 is 1.19 bits per heavy atom. The highest BCUT2D eigenvalue weighted by Crippen LogP contribution is 2.26. The average molecular weight is 394 g/mol. The van der Waals surface area contributed by atoms with Crippen molar-refractivity contribution in [1.82, 2.24) is 20.4 Å². The van der Waals surface area contributed by atoms with E-state index >= 15 is 0 Å². The molecule has 11 heteroatoms. The SMILES string of the molecule is O=C(CN1CCN(C(=O)C2CC(F)(F)CN2)CC1)NC1CCS(=O)(=O)C1. The summed E-state index contributed by atoms with van der Waals surface area (Å²) in [6.45, 7) is 1.39. The highest BCUT2D eigenvalue weighted by Gasteiger charge is 2.43. The number of hydrogen-bond donors (Lipinski definition) is 2. The molecule has 2 amide bonds. The van der Waals surface area contributed by atoms with Crippen LogP contribution in [0.4, 0.5) is 8.78 Å². The van der Waals surface area contributed by atoms with Gasteiger partial charge in [0.15, 0.2) is 9.84 Å². The van der Waals surface area contributed by atoms with Crippen LogP contribution in [-0.2, 0) is 19.4 Å². The molecule has 8 nitrogen and oxygen atoms in total. The number of piperazine rings is 1. The van der Waals surface area contributed by atoms with Gasteiger partial charge in [0.2, 0.25) is 11.8 Å². The Morgan fingerprint density at radius 3 is 2.42 bits per heavy atom. The van der Waals surface area contributed by atoms with Crippen molar-refractivity contribution in [2.45, 2.75) is 30.8 Å². The number of rotatable bonds is 4. The minimum absolute atomic E-state index is 0.0138. The number of carbonyl (C=O) groups excluding carboxylic acids is 2. The molecule has 3 heterocycles. The fourth-order valence-corrected chi connectivity index (χ4v) is 5.30. The van der Waals surface area contributed by atoms with E-state index in [1.54, 1.807) is 4.90 Å². The molecule has 0 spiro atoms. The van der Waals surface area contributed by atoms with E-state index in [0.29, 0.717) is 32.6 Å². The van der Waals surface area contributed by atoms with Gasteiger partial charge in [-0.3, -0.25) is 19.8 Å². The van der Waals surface area contributed by atoms with Gasteiger partial charge in [0.1, 0.15) is 0 Å². The Bertz CT molecular complexity index is 665. The molecule has 3 rings (SSSR count). The molecule has 0 aromatic rings. The zero-order valence-corrected chi connectivity index (χ0v) is 15.2. The summed E-state index contributed by atoms with van der Waals surface area (Å²) in [5, 5.41) is 5.30. The number of hydrogen-bond acceptors (Lipinski definition) is 6. The first-order valence-corrected chi connectivity index (χ1v) is 10.6. The van der Waals surface area contributed by atoms with Crippen molar-refractivity contribution in [3.05, 3.63) is 0 Å². The van der Waals surface area contributed by atoms with E-state index in [1.165, 1.54) is 0 Å². The van der Waals surface area contributed by atoms with Crippen molar-refractivity contribution in [3.63, 3.8) is 0 Å². The number of alkyl halides is 2. The second-order valence-electron chi connectivity index (χ2n) is 7.26. The van der Waals surface area contributed by atoms with Crippen LogP contribution in [0.5, 0.6) is 0 Å². The highest BCUT2D eigenvalue weighted by atomic mass is 32.2. The van der Waals surface area contributed by atoms with Crippen molar-refractivity contribution >= 4 is 21.7 Å². The molecule has 26 heavy (non-hydrogen) atoms. The standard InChI is InChI=1S/C15H24F2N4O4S/c16-15(17)7-12(18-10-15)14(23)21-4-2-20(3-5-21)8-13(22)19-11-1-6-26(24,25)9-11/h11-12,18H,1-10H2,(H,19,22). The minimum atomic E-state index is -3.04. The lowest BCUT2D eigenvalue weighted by molar-refractivity contribution is -0.135. The first-order chi connectivity index (χ1) is 12.1. The van der Waals surface area contributed by atoms with Gasteiger partial charge >= 0.3 is 0 Å². The molecule has 2 atom stereocenters. The lowest BCUT2D eigenvalue weighted by Gasteiger charge is -2.35. The van der Waals surface area contributed by atoms with Gasteiger partial charge in [0.05, 0.1) is 30.6 Å². The van der Waals surface area contributed by atoms with Crippen molar-refractivity contribution in [2.75, 3.05) is 50.8 Å². The maximum atomic E-state index is 13.2. The van der Waals surface area contributed by atoms with E-state index in [4.69, 9.17) is 0 Å². The second kappa shape index (κ2) is 7.35. The number of nitrogens with zero attached hydrogens (tertiary/aromatic N) is 2. The van der Waals surface area contributed by atoms with Crippen LogP contribution in [0.3, 0.4) is 0 Å². The number of nitrogens with one attached hydrogen (secondary N) is 2. The molecular weight excluding hydrogens is 370 g/mol. The van der Waals surface area contributed by atoms with E-state index in [9.17, 15) is 26.8 Å². The third-order valence-electron chi connectivity index (χ3n) is 5.06. The summed E-state index contributed by atoms with van der Waals surface area (Å²) in [6, 6.07) is -1.17. The third-order valence-corrected chi connectivity index (χ3v) is 6.82. The number of amides is 2. The largest absolute Gasteiger partial charge is 0.351 e. The lowest BCUT2D eigenvalue weighted by atomic mass is 10.1. The van der Waals surface area contributed by atoms with Crippen LogP contribution in [0.15, 0.2) is 0 Å². The van der Waals surface area contributed by atoms with Crippen LogP contribution in [0.1, 0.15) is 12.8 Å². The number of sulfone groups is 1. The Hall–Kier alpha value is -1.33. The van der Waals surface area contributed by atoms with Gasteiger partial charge in [0, 0.05) is 38.6 Å². The van der Waals surface area contributed by atoms with Gasteiger partial charge in [-0.25, -0.2) is 17.2 Å². The molecule has 2 N–H and O–H groups in total. The summed E-state index contributed by atoms with van der Waals surface area (Å²) in [5.74, 6) is -3.30. The summed E-state index contributed by atoms with van der Waals surface area (Å²) in [6.07, 6.45) is -0.0336. The summed E-state index contributed by atoms with van der Waals surface area (Å²) < 4.78 is 49.3. The van der Waals surface area contributed by atoms with Gasteiger partial charge in [-0.05, 0) is 6.42 Å². The van der Waals surface area contributed by atoms with Crippen molar-refractivity contribution in [3.8, 4) is 0 Å². The summed E-state index contributed by atoms with van der Waals surface area (Å²) >= 11 is 0. The Balaban J connectivity index is 1.40. The fraction of sp³-hybridized carbons (Fsp3) is 0.867. The van der Waals surface area contributed by atoms with Crippen LogP contribution >= 0.6 is 0 Å². The highest BCUT2D eigenvalue weighted by molar-refractivity contribution is 7.91. The van der Waals surface area contributed by atoms with Gasteiger partial charge < -0.3 is 10.2 Å². The van der Waals surface area contributed by atoms with Crippen LogP contribution in [-0.4, -0.2) is 98.8 Å². The first kappa shape index (κ1) is 19.4. The van der Waals surface area contributed by atoms with E-state index in [1.807, 2.05) is 4.90 Å². The molecule has 0 aliphatic carbocycles. The molecule has 0 aromatic carbocycles. The quantitative estimate of drug-likeness (QED) is 0.598. The first-order valence-electron chi connectivity index (χ1n) is 8.76. The van der Waals surface area contributed by atoms with Crippen LogP contribution < -0.4 is 10.6 Å². The molecule has 0 aromatic heterocycles. The Morgan fingerprint density at radius 2 is 1.88 bits per heavy atom. The number of halogens is 2.